The molecule has 0 aliphatic heterocycles. The fourth-order valence-electron chi connectivity index (χ4n) is 13.4. The highest BCUT2D eigenvalue weighted by atomic mass is 19.1. The van der Waals surface area contributed by atoms with Crippen LogP contribution in [0.2, 0.25) is 0 Å². The van der Waals surface area contributed by atoms with Gasteiger partial charge in [-0.2, -0.15) is 0 Å². The van der Waals surface area contributed by atoms with Gasteiger partial charge in [-0.25, -0.2) is 4.39 Å². The van der Waals surface area contributed by atoms with Crippen LogP contribution in [0.15, 0.2) is 35.4 Å². The number of ether oxygens (including phenoxy) is 1. The molecule has 0 amide bonds. The van der Waals surface area contributed by atoms with E-state index >= 15 is 0 Å². The summed E-state index contributed by atoms with van der Waals surface area (Å²) in [5.41, 5.74) is 2.47. The monoisotopic (exact) mass is 705 g/mol. The Bertz CT molecular complexity index is 1580. The molecule has 6 nitrogen and oxygen atoms in total. The lowest BCUT2D eigenvalue weighted by Gasteiger charge is -2.71. The Morgan fingerprint density at radius 1 is 0.922 bits per heavy atom. The molecule has 1 aromatic rings. The number of carboxylic acids is 1. The maximum absolute atomic E-state index is 14.0. The normalized spacial score (nSPS) is 37.4. The van der Waals surface area contributed by atoms with Gasteiger partial charge in [0.1, 0.15) is 11.9 Å². The summed E-state index contributed by atoms with van der Waals surface area (Å²) in [7, 11) is 0. The molecule has 0 bridgehead atoms. The van der Waals surface area contributed by atoms with Gasteiger partial charge in [0.2, 0.25) is 0 Å². The van der Waals surface area contributed by atoms with Crippen LogP contribution in [-0.4, -0.2) is 35.5 Å². The smallest absolute Gasteiger partial charge is 0.309 e. The minimum Gasteiger partial charge on any atom is -0.481 e. The molecule has 4 fully saturated rings. The maximum Gasteiger partial charge on any atom is 0.309 e. The first-order chi connectivity index (χ1) is 23.7. The number of aliphatic carboxylic acids is 1. The van der Waals surface area contributed by atoms with Gasteiger partial charge in [0.05, 0.1) is 11.8 Å². The van der Waals surface area contributed by atoms with Crippen molar-refractivity contribution in [3.8, 4) is 0 Å². The number of carbonyl (C=O) groups excluding carboxylic acids is 2. The lowest BCUT2D eigenvalue weighted by molar-refractivity contribution is -0.222. The topological polar surface area (TPSA) is 92.7 Å². The molecule has 0 aromatic heterocycles. The van der Waals surface area contributed by atoms with Gasteiger partial charge in [-0.15, -0.1) is 0 Å². The highest BCUT2D eigenvalue weighted by molar-refractivity contribution is 6.00. The summed E-state index contributed by atoms with van der Waals surface area (Å²) < 4.78 is 19.6. The molecular weight excluding hydrogens is 641 g/mol. The SMILES string of the molecule is CC(C)C1=C2C(CCNCc3ccc(F)cc3)(CCC3C2(C)CCC2C3(C)CCC3C(C)(C)C(OC(=O)CC(C)(C)C(=O)O)CCC32C)CC1=O. The molecule has 0 heterocycles. The Labute approximate surface area is 306 Å². The van der Waals surface area contributed by atoms with E-state index in [-0.39, 0.29) is 51.3 Å². The van der Waals surface area contributed by atoms with Crippen LogP contribution in [0, 0.1) is 62.0 Å². The number of nitrogens with one attached hydrogen (secondary N) is 1. The number of hydrogen-bond acceptors (Lipinski definition) is 5. The number of hydrogen-bond donors (Lipinski definition) is 2. The molecule has 5 aliphatic rings. The van der Waals surface area contributed by atoms with Crippen molar-refractivity contribution in [3.63, 3.8) is 0 Å². The molecule has 5 aliphatic carbocycles. The fourth-order valence-corrected chi connectivity index (χ4v) is 13.4. The Kier molecular flexibility index (Phi) is 9.80. The van der Waals surface area contributed by atoms with Gasteiger partial charge in [0.15, 0.2) is 5.78 Å². The quantitative estimate of drug-likeness (QED) is 0.186. The van der Waals surface area contributed by atoms with E-state index in [0.717, 1.165) is 75.5 Å². The summed E-state index contributed by atoms with van der Waals surface area (Å²) in [5.74, 6) is 0.421. The van der Waals surface area contributed by atoms with Gasteiger partial charge in [0.25, 0.3) is 0 Å². The van der Waals surface area contributed by atoms with Crippen molar-refractivity contribution in [2.45, 2.75) is 146 Å². The summed E-state index contributed by atoms with van der Waals surface area (Å²) >= 11 is 0. The summed E-state index contributed by atoms with van der Waals surface area (Å²) in [4.78, 5) is 38.8. The molecule has 0 spiro atoms. The van der Waals surface area contributed by atoms with Crippen LogP contribution in [0.25, 0.3) is 0 Å². The van der Waals surface area contributed by atoms with Crippen LogP contribution in [0.3, 0.4) is 0 Å². The van der Waals surface area contributed by atoms with Crippen molar-refractivity contribution >= 4 is 17.7 Å². The van der Waals surface area contributed by atoms with Gasteiger partial charge < -0.3 is 15.2 Å². The number of fused-ring (bicyclic) bond motifs is 7. The second-order valence-corrected chi connectivity index (χ2v) is 19.8. The zero-order valence-corrected chi connectivity index (χ0v) is 32.8. The highest BCUT2D eigenvalue weighted by Crippen LogP contribution is 2.76. The molecule has 51 heavy (non-hydrogen) atoms. The number of halogens is 1. The van der Waals surface area contributed by atoms with Gasteiger partial charge in [-0.3, -0.25) is 14.4 Å². The minimum absolute atomic E-state index is 0.0192. The Hall–Kier alpha value is -2.54. The maximum atomic E-state index is 14.0. The van der Waals surface area contributed by atoms with E-state index in [2.05, 4.69) is 53.8 Å². The predicted octanol–water partition coefficient (Wildman–Crippen LogP) is 9.70. The number of rotatable bonds is 10. The zero-order valence-electron chi connectivity index (χ0n) is 32.8. The molecule has 0 saturated heterocycles. The van der Waals surface area contributed by atoms with E-state index in [0.29, 0.717) is 36.5 Å². The highest BCUT2D eigenvalue weighted by Gasteiger charge is 2.69. The van der Waals surface area contributed by atoms with Gasteiger partial charge in [-0.1, -0.05) is 66.2 Å². The summed E-state index contributed by atoms with van der Waals surface area (Å²) in [6.07, 6.45) is 9.73. The number of carboxylic acid groups (broad SMARTS) is 1. The lowest BCUT2D eigenvalue weighted by atomic mass is 9.34. The van der Waals surface area contributed by atoms with Crippen molar-refractivity contribution in [1.29, 1.82) is 0 Å². The second kappa shape index (κ2) is 13.1. The summed E-state index contributed by atoms with van der Waals surface area (Å²) in [6.45, 7) is 21.4. The van der Waals surface area contributed by atoms with Crippen LogP contribution in [-0.2, 0) is 25.7 Å². The molecule has 2 N–H and O–H groups in total. The van der Waals surface area contributed by atoms with Crippen molar-refractivity contribution in [2.24, 2.45) is 56.2 Å². The summed E-state index contributed by atoms with van der Waals surface area (Å²) in [6, 6.07) is 6.71. The van der Waals surface area contributed by atoms with E-state index in [4.69, 9.17) is 4.74 Å². The molecular formula is C44H64FNO5. The predicted molar refractivity (Wildman–Crippen MR) is 198 cm³/mol. The van der Waals surface area contributed by atoms with Crippen molar-refractivity contribution in [2.75, 3.05) is 6.54 Å². The fraction of sp³-hybridized carbons (Fsp3) is 0.750. The molecule has 8 atom stereocenters. The number of Topliss-reactive ketones (excluding diaryl/α,β-unsaturated/α-hetero) is 1. The average Bonchev–Trinajstić information content (AvgIpc) is 3.34. The number of carbonyl (C=O) groups is 3. The average molecular weight is 706 g/mol. The van der Waals surface area contributed by atoms with Crippen LogP contribution < -0.4 is 5.32 Å². The minimum atomic E-state index is -1.15. The van der Waals surface area contributed by atoms with Crippen LogP contribution in [0.4, 0.5) is 4.39 Å². The van der Waals surface area contributed by atoms with E-state index in [1.54, 1.807) is 13.8 Å². The Morgan fingerprint density at radius 2 is 1.53 bits per heavy atom. The molecule has 282 valence electrons. The Morgan fingerprint density at radius 3 is 2.18 bits per heavy atom. The third-order valence-corrected chi connectivity index (χ3v) is 15.7. The van der Waals surface area contributed by atoms with E-state index in [1.807, 2.05) is 12.1 Å². The standard InChI is InChI=1S/C44H64FNO5/c1-27(2)36-30(47)24-44(22-23-46-26-28-10-12-29(45)13-11-28)21-16-33-42(8)18-14-31-40(5,6)34(51-35(48)25-39(3,4)38(49)50)17-20-41(31,7)32(42)15-19-43(33,9)37(36)44/h10-13,27,31-34,46H,14-26H2,1-9H3,(H,49,50). The van der Waals surface area contributed by atoms with Crippen LogP contribution in [0.1, 0.15) is 139 Å². The molecule has 7 heteroatoms. The van der Waals surface area contributed by atoms with E-state index < -0.39 is 17.4 Å². The first kappa shape index (κ1) is 38.2. The molecule has 0 radical (unpaired) electrons. The van der Waals surface area contributed by atoms with E-state index in [1.165, 1.54) is 17.7 Å². The van der Waals surface area contributed by atoms with Gasteiger partial charge in [-0.05, 0) is 141 Å². The number of allylic oxidation sites excluding steroid dienone is 2. The summed E-state index contributed by atoms with van der Waals surface area (Å²) in [5, 5.41) is 13.2. The molecule has 6 rings (SSSR count). The Balaban J connectivity index is 1.23. The largest absolute Gasteiger partial charge is 0.481 e. The third-order valence-electron chi connectivity index (χ3n) is 15.7. The van der Waals surface area contributed by atoms with E-state index in [9.17, 15) is 23.9 Å². The lowest BCUT2D eigenvalue weighted by Crippen LogP contribution is -2.64. The van der Waals surface area contributed by atoms with Crippen LogP contribution >= 0.6 is 0 Å². The number of ketones is 1. The van der Waals surface area contributed by atoms with Crippen molar-refractivity contribution in [3.05, 3.63) is 46.8 Å². The third kappa shape index (κ3) is 6.23. The van der Waals surface area contributed by atoms with Gasteiger partial charge in [0, 0.05) is 23.8 Å². The molecule has 4 saturated carbocycles. The van der Waals surface area contributed by atoms with Crippen LogP contribution in [0.5, 0.6) is 0 Å². The molecule has 1 aromatic carbocycles. The van der Waals surface area contributed by atoms with Crippen molar-refractivity contribution < 1.29 is 28.6 Å². The number of benzene rings is 1. The second-order valence-electron chi connectivity index (χ2n) is 19.8. The van der Waals surface area contributed by atoms with Crippen molar-refractivity contribution in [1.82, 2.24) is 5.32 Å². The zero-order chi connectivity index (χ0) is 37.4. The first-order valence-corrected chi connectivity index (χ1v) is 19.9. The molecule has 8 unspecified atom stereocenters. The van der Waals surface area contributed by atoms with Gasteiger partial charge >= 0.3 is 11.9 Å². The first-order valence-electron chi connectivity index (χ1n) is 19.9. The number of esters is 1.